The van der Waals surface area contributed by atoms with Gasteiger partial charge in [-0.2, -0.15) is 0 Å². The molecule has 1 saturated heterocycles. The second kappa shape index (κ2) is 8.41. The van der Waals surface area contributed by atoms with E-state index in [1.54, 1.807) is 22.0 Å². The summed E-state index contributed by atoms with van der Waals surface area (Å²) in [5.41, 5.74) is 1.21. The molecule has 0 unspecified atom stereocenters. The Hall–Kier alpha value is -1.60. The number of fused-ring (bicyclic) bond motifs is 3. The van der Waals surface area contributed by atoms with E-state index in [1.807, 2.05) is 4.90 Å². The fourth-order valence-electron chi connectivity index (χ4n) is 4.42. The Kier molecular flexibility index (Phi) is 5.92. The molecule has 0 saturated carbocycles. The van der Waals surface area contributed by atoms with E-state index in [0.29, 0.717) is 23.5 Å². The number of hydrogen-bond acceptors (Lipinski definition) is 5. The van der Waals surface area contributed by atoms with Crippen LogP contribution in [0.2, 0.25) is 0 Å². The highest BCUT2D eigenvalue weighted by Gasteiger charge is 2.27. The number of carbonyl (C=O) groups is 1. The summed E-state index contributed by atoms with van der Waals surface area (Å²) in [6.45, 7) is 7.22. The summed E-state index contributed by atoms with van der Waals surface area (Å²) in [5.74, 6) is 0.487. The molecule has 7 heteroatoms. The monoisotopic (exact) mass is 417 g/mol. The van der Waals surface area contributed by atoms with Crippen molar-refractivity contribution in [3.8, 4) is 0 Å². The van der Waals surface area contributed by atoms with E-state index < -0.39 is 0 Å². The molecule has 1 aliphatic carbocycles. The van der Waals surface area contributed by atoms with Gasteiger partial charge in [0.15, 0.2) is 5.16 Å². The fraction of sp³-hybridized carbons (Fsp3) is 0.571. The smallest absolute Gasteiger partial charge is 0.263 e. The third-order valence-electron chi connectivity index (χ3n) is 5.84. The van der Waals surface area contributed by atoms with Gasteiger partial charge in [0.25, 0.3) is 5.56 Å². The largest absolute Gasteiger partial charge is 0.339 e. The predicted octanol–water partition coefficient (Wildman–Crippen LogP) is 4.02. The number of aromatic nitrogens is 2. The molecule has 2 aromatic rings. The van der Waals surface area contributed by atoms with E-state index in [-0.39, 0.29) is 11.5 Å². The molecule has 1 fully saturated rings. The lowest BCUT2D eigenvalue weighted by molar-refractivity contribution is -0.132. The summed E-state index contributed by atoms with van der Waals surface area (Å²) < 4.78 is 1.69. The number of piperidine rings is 1. The van der Waals surface area contributed by atoms with E-state index in [1.165, 1.54) is 28.6 Å². The Balaban J connectivity index is 1.61. The lowest BCUT2D eigenvalue weighted by atomic mass is 10.0. The fourth-order valence-corrected chi connectivity index (χ4v) is 6.62. The Labute approximate surface area is 173 Å². The molecule has 4 rings (SSSR count). The number of rotatable bonds is 6. The van der Waals surface area contributed by atoms with Crippen molar-refractivity contribution in [1.29, 1.82) is 0 Å². The molecular formula is C21H27N3O2S2. The quantitative estimate of drug-likeness (QED) is 0.405. The van der Waals surface area contributed by atoms with Crippen LogP contribution in [0.25, 0.3) is 10.2 Å². The van der Waals surface area contributed by atoms with Crippen LogP contribution in [0.4, 0.5) is 0 Å². The van der Waals surface area contributed by atoms with Crippen LogP contribution in [-0.2, 0) is 24.2 Å². The Morgan fingerprint density at radius 2 is 2.21 bits per heavy atom. The van der Waals surface area contributed by atoms with Crippen LogP contribution in [0.1, 0.15) is 49.5 Å². The first-order valence-corrected chi connectivity index (χ1v) is 12.0. The van der Waals surface area contributed by atoms with Gasteiger partial charge in [-0.05, 0) is 50.5 Å². The van der Waals surface area contributed by atoms with Crippen LogP contribution in [0, 0.1) is 0 Å². The third kappa shape index (κ3) is 3.54. The molecule has 1 atom stereocenters. The molecule has 1 amide bonds. The van der Waals surface area contributed by atoms with Crippen molar-refractivity contribution in [1.82, 2.24) is 14.5 Å². The molecule has 5 nitrogen and oxygen atoms in total. The van der Waals surface area contributed by atoms with Crippen LogP contribution >= 0.6 is 23.1 Å². The SMILES string of the molecule is C=CCn1c(SCC(=O)N2CCCC[C@H]2CC)nc2sc3c(c2c1=O)CCC3. The number of nitrogens with zero attached hydrogens (tertiary/aromatic N) is 3. The minimum Gasteiger partial charge on any atom is -0.339 e. The first-order valence-electron chi connectivity index (χ1n) is 10.2. The molecule has 28 heavy (non-hydrogen) atoms. The van der Waals surface area contributed by atoms with Crippen molar-refractivity contribution in [3.63, 3.8) is 0 Å². The number of thiophene rings is 1. The van der Waals surface area contributed by atoms with E-state index in [0.717, 1.165) is 55.3 Å². The molecule has 1 aliphatic heterocycles. The summed E-state index contributed by atoms with van der Waals surface area (Å²) in [6.07, 6.45) is 9.25. The number of amides is 1. The molecule has 0 radical (unpaired) electrons. The Morgan fingerprint density at radius 3 is 3.00 bits per heavy atom. The first-order chi connectivity index (χ1) is 13.6. The zero-order chi connectivity index (χ0) is 19.7. The van der Waals surface area contributed by atoms with Gasteiger partial charge in [0.05, 0.1) is 11.1 Å². The van der Waals surface area contributed by atoms with Crippen LogP contribution in [0.15, 0.2) is 22.6 Å². The standard InChI is InChI=1S/C21H27N3O2S2/c1-3-11-24-20(26)18-15-9-7-10-16(15)28-19(18)22-21(24)27-13-17(25)23-12-6-5-8-14(23)4-2/h3,14H,1,4-13H2,2H3/t14-/m1/s1. The summed E-state index contributed by atoms with van der Waals surface area (Å²) in [4.78, 5) is 35.0. The second-order valence-corrected chi connectivity index (χ2v) is 9.60. The van der Waals surface area contributed by atoms with Crippen molar-refractivity contribution in [2.24, 2.45) is 0 Å². The van der Waals surface area contributed by atoms with Gasteiger partial charge in [-0.1, -0.05) is 24.8 Å². The number of carbonyl (C=O) groups excluding carboxylic acids is 1. The second-order valence-electron chi connectivity index (χ2n) is 7.57. The van der Waals surface area contributed by atoms with Gasteiger partial charge in [0.2, 0.25) is 5.91 Å². The summed E-state index contributed by atoms with van der Waals surface area (Å²) >= 11 is 3.04. The van der Waals surface area contributed by atoms with Crippen molar-refractivity contribution >= 4 is 39.2 Å². The minimum absolute atomic E-state index is 0.0173. The normalized spacial score (nSPS) is 19.2. The Bertz CT molecular complexity index is 963. The number of thioether (sulfide) groups is 1. The molecule has 0 aromatic carbocycles. The summed E-state index contributed by atoms with van der Waals surface area (Å²) in [5, 5.41) is 1.42. The highest BCUT2D eigenvalue weighted by molar-refractivity contribution is 7.99. The molecule has 2 aromatic heterocycles. The van der Waals surface area contributed by atoms with E-state index >= 15 is 0 Å². The number of hydrogen-bond donors (Lipinski definition) is 0. The van der Waals surface area contributed by atoms with Crippen LogP contribution in [-0.4, -0.2) is 38.7 Å². The minimum atomic E-state index is 0.0173. The van der Waals surface area contributed by atoms with Crippen molar-refractivity contribution in [2.45, 2.75) is 69.6 Å². The van der Waals surface area contributed by atoms with Crippen molar-refractivity contribution in [3.05, 3.63) is 33.4 Å². The molecule has 0 spiro atoms. The zero-order valence-corrected chi connectivity index (χ0v) is 18.0. The molecule has 3 heterocycles. The number of aryl methyl sites for hydroxylation is 2. The molecular weight excluding hydrogens is 390 g/mol. The molecule has 0 N–H and O–H groups in total. The highest BCUT2D eigenvalue weighted by atomic mass is 32.2. The number of allylic oxidation sites excluding steroid dienone is 1. The van der Waals surface area contributed by atoms with E-state index in [4.69, 9.17) is 4.98 Å². The average Bonchev–Trinajstić information content (AvgIpc) is 3.29. The lowest BCUT2D eigenvalue weighted by Crippen LogP contribution is -2.44. The van der Waals surface area contributed by atoms with Crippen molar-refractivity contribution in [2.75, 3.05) is 12.3 Å². The maximum atomic E-state index is 13.2. The zero-order valence-electron chi connectivity index (χ0n) is 16.4. The molecule has 150 valence electrons. The van der Waals surface area contributed by atoms with Crippen molar-refractivity contribution < 1.29 is 4.79 Å². The first kappa shape index (κ1) is 19.7. The maximum absolute atomic E-state index is 13.2. The number of likely N-dealkylation sites (tertiary alicyclic amines) is 1. The van der Waals surface area contributed by atoms with Crippen LogP contribution in [0.5, 0.6) is 0 Å². The van der Waals surface area contributed by atoms with Gasteiger partial charge < -0.3 is 4.90 Å². The van der Waals surface area contributed by atoms with Gasteiger partial charge in [0.1, 0.15) is 4.83 Å². The van der Waals surface area contributed by atoms with Crippen LogP contribution in [0.3, 0.4) is 0 Å². The van der Waals surface area contributed by atoms with Gasteiger partial charge in [-0.3, -0.25) is 14.2 Å². The summed E-state index contributed by atoms with van der Waals surface area (Å²) in [7, 11) is 0. The topological polar surface area (TPSA) is 55.2 Å². The maximum Gasteiger partial charge on any atom is 0.263 e. The third-order valence-corrected chi connectivity index (χ3v) is 7.99. The van der Waals surface area contributed by atoms with Gasteiger partial charge in [-0.15, -0.1) is 17.9 Å². The lowest BCUT2D eigenvalue weighted by Gasteiger charge is -2.35. The Morgan fingerprint density at radius 1 is 1.36 bits per heavy atom. The highest BCUT2D eigenvalue weighted by Crippen LogP contribution is 2.35. The van der Waals surface area contributed by atoms with Gasteiger partial charge >= 0.3 is 0 Å². The van der Waals surface area contributed by atoms with E-state index in [2.05, 4.69) is 13.5 Å². The van der Waals surface area contributed by atoms with Crippen LogP contribution < -0.4 is 5.56 Å². The van der Waals surface area contributed by atoms with E-state index in [9.17, 15) is 9.59 Å². The molecule has 2 aliphatic rings. The molecule has 0 bridgehead atoms. The predicted molar refractivity (Wildman–Crippen MR) is 116 cm³/mol. The van der Waals surface area contributed by atoms with Gasteiger partial charge in [-0.25, -0.2) is 4.98 Å². The van der Waals surface area contributed by atoms with Gasteiger partial charge in [0, 0.05) is 24.0 Å². The summed E-state index contributed by atoms with van der Waals surface area (Å²) in [6, 6.07) is 0.355. The average molecular weight is 418 g/mol.